The van der Waals surface area contributed by atoms with Gasteiger partial charge in [0, 0.05) is 0 Å². The number of hydrogen-bond donors (Lipinski definition) is 2. The molecule has 2 heteroatoms. The minimum Gasteiger partial charge on any atom is -0.393 e. The average Bonchev–Trinajstić information content (AvgIpc) is 2.96. The zero-order chi connectivity index (χ0) is 19.4. The second-order valence-corrected chi connectivity index (χ2v) is 11.5. The summed E-state index contributed by atoms with van der Waals surface area (Å²) in [5.74, 6) is 5.02. The van der Waals surface area contributed by atoms with Gasteiger partial charge in [0.05, 0.1) is 11.7 Å². The smallest absolute Gasteiger partial charge is 0.0591 e. The van der Waals surface area contributed by atoms with Crippen LogP contribution in [0.5, 0.6) is 0 Å². The molecule has 0 saturated heterocycles. The molecule has 3 saturated carbocycles. The fourth-order valence-electron chi connectivity index (χ4n) is 8.01. The van der Waals surface area contributed by atoms with E-state index in [0.717, 1.165) is 61.2 Å². The molecule has 0 aromatic heterocycles. The molecule has 0 bridgehead atoms. The van der Waals surface area contributed by atoms with Crippen molar-refractivity contribution in [1.82, 2.24) is 0 Å². The fourth-order valence-corrected chi connectivity index (χ4v) is 8.01. The Kier molecular flexibility index (Phi) is 5.30. The van der Waals surface area contributed by atoms with Crippen molar-refractivity contribution in [3.63, 3.8) is 0 Å². The molecule has 0 heterocycles. The fraction of sp³-hybridized carbons (Fsp3) is 0.920. The van der Waals surface area contributed by atoms with Crippen molar-refractivity contribution in [3.8, 4) is 0 Å². The molecule has 4 aliphatic carbocycles. The minimum absolute atomic E-state index is 0.0783. The molecule has 4 aliphatic rings. The SMILES string of the molecule is CC(CCC(C)(C)O)C1CCC2C3CC=C4CC(O)CCC4C3CCC12C. The molecule has 27 heavy (non-hydrogen) atoms. The van der Waals surface area contributed by atoms with E-state index in [1.807, 2.05) is 13.8 Å². The lowest BCUT2D eigenvalue weighted by Gasteiger charge is -2.54. The quantitative estimate of drug-likeness (QED) is 0.618. The van der Waals surface area contributed by atoms with Crippen LogP contribution in [0.1, 0.15) is 91.9 Å². The van der Waals surface area contributed by atoms with E-state index < -0.39 is 5.60 Å². The maximum absolute atomic E-state index is 10.2. The third-order valence-corrected chi connectivity index (χ3v) is 9.39. The number of aliphatic hydroxyl groups excluding tert-OH is 1. The largest absolute Gasteiger partial charge is 0.393 e. The Morgan fingerprint density at radius 2 is 1.93 bits per heavy atom. The van der Waals surface area contributed by atoms with E-state index in [2.05, 4.69) is 19.9 Å². The van der Waals surface area contributed by atoms with Gasteiger partial charge in [-0.3, -0.25) is 0 Å². The van der Waals surface area contributed by atoms with Gasteiger partial charge >= 0.3 is 0 Å². The highest BCUT2D eigenvalue weighted by Crippen LogP contribution is 2.64. The first-order valence-corrected chi connectivity index (χ1v) is 11.8. The van der Waals surface area contributed by atoms with Gasteiger partial charge in [-0.05, 0) is 119 Å². The maximum atomic E-state index is 10.2. The summed E-state index contributed by atoms with van der Waals surface area (Å²) in [5, 5.41) is 20.2. The Bertz CT molecular complexity index is 573. The van der Waals surface area contributed by atoms with Gasteiger partial charge in [-0.1, -0.05) is 25.5 Å². The maximum Gasteiger partial charge on any atom is 0.0591 e. The monoisotopic (exact) mass is 374 g/mol. The first-order chi connectivity index (χ1) is 12.7. The topological polar surface area (TPSA) is 40.5 Å². The Labute approximate surface area is 166 Å². The third-order valence-electron chi connectivity index (χ3n) is 9.39. The van der Waals surface area contributed by atoms with E-state index in [-0.39, 0.29) is 6.10 Å². The first kappa shape index (κ1) is 20.0. The van der Waals surface area contributed by atoms with Crippen LogP contribution in [0.2, 0.25) is 0 Å². The van der Waals surface area contributed by atoms with Crippen LogP contribution in [0.4, 0.5) is 0 Å². The summed E-state index contributed by atoms with van der Waals surface area (Å²) in [5.41, 5.74) is 1.59. The van der Waals surface area contributed by atoms with Gasteiger partial charge in [-0.15, -0.1) is 0 Å². The molecule has 0 aromatic rings. The number of rotatable bonds is 4. The predicted octanol–water partition coefficient (Wildman–Crippen LogP) is 5.72. The van der Waals surface area contributed by atoms with Crippen molar-refractivity contribution >= 4 is 0 Å². The zero-order valence-electron chi connectivity index (χ0n) is 18.1. The van der Waals surface area contributed by atoms with Gasteiger partial charge in [0.15, 0.2) is 0 Å². The Balaban J connectivity index is 1.48. The molecule has 2 N–H and O–H groups in total. The average molecular weight is 375 g/mol. The molecule has 0 radical (unpaired) electrons. The Morgan fingerprint density at radius 3 is 2.67 bits per heavy atom. The lowest BCUT2D eigenvalue weighted by atomic mass is 9.51. The molecule has 0 aromatic carbocycles. The summed E-state index contributed by atoms with van der Waals surface area (Å²) < 4.78 is 0. The lowest BCUT2D eigenvalue weighted by Crippen LogP contribution is -2.47. The third kappa shape index (κ3) is 3.66. The van der Waals surface area contributed by atoms with Crippen LogP contribution in [0.15, 0.2) is 11.6 Å². The summed E-state index contributed by atoms with van der Waals surface area (Å²) in [6, 6.07) is 0. The zero-order valence-corrected chi connectivity index (χ0v) is 18.1. The molecular weight excluding hydrogens is 332 g/mol. The molecule has 0 spiro atoms. The second-order valence-electron chi connectivity index (χ2n) is 11.5. The van der Waals surface area contributed by atoms with Gasteiger partial charge in [-0.25, -0.2) is 0 Å². The van der Waals surface area contributed by atoms with Gasteiger partial charge in [-0.2, -0.15) is 0 Å². The summed E-state index contributed by atoms with van der Waals surface area (Å²) in [4.78, 5) is 0. The van der Waals surface area contributed by atoms with E-state index in [1.54, 1.807) is 5.57 Å². The van der Waals surface area contributed by atoms with E-state index in [4.69, 9.17) is 0 Å². The van der Waals surface area contributed by atoms with Gasteiger partial charge < -0.3 is 10.2 Å². The van der Waals surface area contributed by atoms with E-state index in [9.17, 15) is 10.2 Å². The number of hydrogen-bond acceptors (Lipinski definition) is 2. The number of aliphatic hydroxyl groups is 2. The van der Waals surface area contributed by atoms with Crippen molar-refractivity contribution in [2.24, 2.45) is 40.9 Å². The Hall–Kier alpha value is -0.340. The highest BCUT2D eigenvalue weighted by molar-refractivity contribution is 5.20. The van der Waals surface area contributed by atoms with Gasteiger partial charge in [0.2, 0.25) is 0 Å². The highest BCUT2D eigenvalue weighted by Gasteiger charge is 2.56. The standard InChI is InChI=1S/C25H42O2/c1-16(11-13-24(2,3)27)22-9-10-23-21-7-5-17-15-18(26)6-8-19(17)20(21)12-14-25(22,23)4/h5,16,18-23,26-27H,6-15H2,1-4H3. The molecule has 3 fully saturated rings. The van der Waals surface area contributed by atoms with Gasteiger partial charge in [0.25, 0.3) is 0 Å². The summed E-state index contributed by atoms with van der Waals surface area (Å²) in [7, 11) is 0. The second kappa shape index (κ2) is 7.17. The van der Waals surface area contributed by atoms with Crippen molar-refractivity contribution in [3.05, 3.63) is 11.6 Å². The van der Waals surface area contributed by atoms with Crippen LogP contribution in [0, 0.1) is 40.9 Å². The summed E-state index contributed by atoms with van der Waals surface area (Å²) in [6.07, 6.45) is 14.7. The predicted molar refractivity (Wildman–Crippen MR) is 111 cm³/mol. The van der Waals surface area contributed by atoms with E-state index >= 15 is 0 Å². The van der Waals surface area contributed by atoms with Crippen LogP contribution >= 0.6 is 0 Å². The molecule has 4 rings (SSSR count). The normalized spacial score (nSPS) is 45.5. The van der Waals surface area contributed by atoms with E-state index in [1.165, 1.54) is 38.5 Å². The van der Waals surface area contributed by atoms with Crippen LogP contribution < -0.4 is 0 Å². The van der Waals surface area contributed by atoms with Crippen molar-refractivity contribution in [2.75, 3.05) is 0 Å². The lowest BCUT2D eigenvalue weighted by molar-refractivity contribution is -0.0319. The molecule has 0 amide bonds. The Morgan fingerprint density at radius 1 is 1.15 bits per heavy atom. The van der Waals surface area contributed by atoms with Crippen molar-refractivity contribution < 1.29 is 10.2 Å². The minimum atomic E-state index is -0.527. The van der Waals surface area contributed by atoms with Crippen molar-refractivity contribution in [1.29, 1.82) is 0 Å². The van der Waals surface area contributed by atoms with Crippen LogP contribution in [0.3, 0.4) is 0 Å². The molecule has 8 unspecified atom stereocenters. The van der Waals surface area contributed by atoms with Crippen molar-refractivity contribution in [2.45, 2.75) is 104 Å². The molecule has 0 aliphatic heterocycles. The molecule has 154 valence electrons. The van der Waals surface area contributed by atoms with E-state index in [0.29, 0.717) is 5.41 Å². The van der Waals surface area contributed by atoms with Gasteiger partial charge in [0.1, 0.15) is 0 Å². The summed E-state index contributed by atoms with van der Waals surface area (Å²) >= 11 is 0. The van der Waals surface area contributed by atoms with Crippen LogP contribution in [0.25, 0.3) is 0 Å². The molecular formula is C25H42O2. The first-order valence-electron chi connectivity index (χ1n) is 11.8. The molecule has 2 nitrogen and oxygen atoms in total. The van der Waals surface area contributed by atoms with Crippen LogP contribution in [-0.2, 0) is 0 Å². The number of allylic oxidation sites excluding steroid dienone is 1. The highest BCUT2D eigenvalue weighted by atomic mass is 16.3. The molecule has 8 atom stereocenters. The summed E-state index contributed by atoms with van der Waals surface area (Å²) in [6.45, 7) is 8.99. The van der Waals surface area contributed by atoms with Crippen LogP contribution in [-0.4, -0.2) is 21.9 Å². The number of fused-ring (bicyclic) bond motifs is 5.